The predicted octanol–water partition coefficient (Wildman–Crippen LogP) is 0.879. The second-order valence-corrected chi connectivity index (χ2v) is 3.92. The van der Waals surface area contributed by atoms with Crippen LogP contribution in [0, 0.1) is 0 Å². The minimum Gasteiger partial charge on any atom is -0.329 e. The summed E-state index contributed by atoms with van der Waals surface area (Å²) in [5.41, 5.74) is 7.17. The van der Waals surface area contributed by atoms with Gasteiger partial charge in [0.15, 0.2) is 0 Å². The number of benzene rings is 1. The Morgan fingerprint density at radius 2 is 2.07 bits per heavy atom. The van der Waals surface area contributed by atoms with Crippen molar-refractivity contribution in [3.8, 4) is 0 Å². The molecule has 0 aliphatic carbocycles. The van der Waals surface area contributed by atoms with E-state index in [4.69, 9.17) is 5.73 Å². The van der Waals surface area contributed by atoms with Crippen molar-refractivity contribution in [3.63, 3.8) is 0 Å². The van der Waals surface area contributed by atoms with Gasteiger partial charge >= 0.3 is 0 Å². The number of amides is 1. The number of rotatable bonds is 1. The van der Waals surface area contributed by atoms with Crippen LogP contribution in [-0.2, 0) is 10.2 Å². The fraction of sp³-hybridized carbons (Fsp3) is 0.364. The molecule has 0 fully saturated rings. The van der Waals surface area contributed by atoms with Gasteiger partial charge in [-0.3, -0.25) is 4.79 Å². The molecule has 2 rings (SSSR count). The zero-order valence-electron chi connectivity index (χ0n) is 8.45. The second-order valence-electron chi connectivity index (χ2n) is 3.92. The quantitative estimate of drug-likeness (QED) is 0.714. The lowest BCUT2D eigenvalue weighted by atomic mass is 9.84. The molecule has 1 aliphatic heterocycles. The predicted molar refractivity (Wildman–Crippen MR) is 56.3 cm³/mol. The molecule has 1 heterocycles. The summed E-state index contributed by atoms with van der Waals surface area (Å²) in [6, 6.07) is 7.81. The Morgan fingerprint density at radius 1 is 1.43 bits per heavy atom. The highest BCUT2D eigenvalue weighted by atomic mass is 16.2. The van der Waals surface area contributed by atoms with Gasteiger partial charge in [0, 0.05) is 19.3 Å². The molecule has 0 radical (unpaired) electrons. The summed E-state index contributed by atoms with van der Waals surface area (Å²) in [5.74, 6) is 0.0844. The van der Waals surface area contributed by atoms with E-state index in [9.17, 15) is 4.79 Å². The van der Waals surface area contributed by atoms with Gasteiger partial charge in [-0.25, -0.2) is 0 Å². The molecule has 0 aromatic heterocycles. The van der Waals surface area contributed by atoms with E-state index >= 15 is 0 Å². The van der Waals surface area contributed by atoms with Crippen LogP contribution < -0.4 is 10.6 Å². The van der Waals surface area contributed by atoms with Crippen LogP contribution in [0.5, 0.6) is 0 Å². The Bertz CT molecular complexity index is 389. The van der Waals surface area contributed by atoms with Gasteiger partial charge in [0.2, 0.25) is 5.91 Å². The van der Waals surface area contributed by atoms with Gasteiger partial charge in [-0.05, 0) is 18.6 Å². The maximum Gasteiger partial charge on any atom is 0.238 e. The van der Waals surface area contributed by atoms with Crippen molar-refractivity contribution in [2.24, 2.45) is 5.73 Å². The average Bonchev–Trinajstić information content (AvgIpc) is 2.43. The molecule has 1 aromatic carbocycles. The summed E-state index contributed by atoms with van der Waals surface area (Å²) in [6.45, 7) is 2.25. The van der Waals surface area contributed by atoms with E-state index in [0.29, 0.717) is 6.54 Å². The average molecular weight is 190 g/mol. The lowest BCUT2D eigenvalue weighted by Crippen LogP contribution is -2.41. The summed E-state index contributed by atoms with van der Waals surface area (Å²) >= 11 is 0. The van der Waals surface area contributed by atoms with Gasteiger partial charge in [0.25, 0.3) is 0 Å². The molecule has 74 valence electrons. The second kappa shape index (κ2) is 2.82. The standard InChI is InChI=1S/C11H14N2O/c1-11(7-12)8-5-3-4-6-9(8)13(2)10(11)14/h3-6H,7,12H2,1-2H3/t11-/m0/s1. The normalized spacial score (nSPS) is 25.4. The van der Waals surface area contributed by atoms with Crippen LogP contribution in [0.4, 0.5) is 5.69 Å². The molecule has 1 aromatic rings. The molecular formula is C11H14N2O. The number of carbonyl (C=O) groups excluding carboxylic acids is 1. The Morgan fingerprint density at radius 3 is 2.71 bits per heavy atom. The minimum atomic E-state index is -0.536. The van der Waals surface area contributed by atoms with Gasteiger partial charge in [0.05, 0.1) is 5.41 Å². The number of para-hydroxylation sites is 1. The number of nitrogens with zero attached hydrogens (tertiary/aromatic N) is 1. The van der Waals surface area contributed by atoms with Crippen molar-refractivity contribution in [3.05, 3.63) is 29.8 Å². The topological polar surface area (TPSA) is 46.3 Å². The van der Waals surface area contributed by atoms with E-state index < -0.39 is 5.41 Å². The van der Waals surface area contributed by atoms with E-state index in [1.54, 1.807) is 11.9 Å². The molecule has 3 nitrogen and oxygen atoms in total. The zero-order valence-corrected chi connectivity index (χ0v) is 8.45. The van der Waals surface area contributed by atoms with Crippen LogP contribution in [0.15, 0.2) is 24.3 Å². The third-order valence-corrected chi connectivity index (χ3v) is 3.04. The first-order valence-electron chi connectivity index (χ1n) is 4.69. The third kappa shape index (κ3) is 0.930. The van der Waals surface area contributed by atoms with Crippen LogP contribution in [-0.4, -0.2) is 19.5 Å². The number of nitrogens with two attached hydrogens (primary N) is 1. The van der Waals surface area contributed by atoms with E-state index in [-0.39, 0.29) is 5.91 Å². The maximum absolute atomic E-state index is 12.0. The lowest BCUT2D eigenvalue weighted by Gasteiger charge is -2.20. The first kappa shape index (κ1) is 9.21. The Balaban J connectivity index is 2.65. The molecule has 1 amide bonds. The van der Waals surface area contributed by atoms with Crippen molar-refractivity contribution in [2.45, 2.75) is 12.3 Å². The summed E-state index contributed by atoms with van der Waals surface area (Å²) < 4.78 is 0. The molecule has 0 saturated carbocycles. The smallest absolute Gasteiger partial charge is 0.238 e. The molecule has 14 heavy (non-hydrogen) atoms. The highest BCUT2D eigenvalue weighted by Crippen LogP contribution is 2.39. The van der Waals surface area contributed by atoms with Crippen LogP contribution in [0.3, 0.4) is 0 Å². The van der Waals surface area contributed by atoms with Gasteiger partial charge in [-0.2, -0.15) is 0 Å². The Labute approximate surface area is 83.5 Å². The highest BCUT2D eigenvalue weighted by molar-refractivity contribution is 6.07. The van der Waals surface area contributed by atoms with Crippen molar-refractivity contribution >= 4 is 11.6 Å². The van der Waals surface area contributed by atoms with Crippen molar-refractivity contribution in [1.82, 2.24) is 0 Å². The number of hydrogen-bond donors (Lipinski definition) is 1. The van der Waals surface area contributed by atoms with Crippen LogP contribution >= 0.6 is 0 Å². The number of carbonyl (C=O) groups is 1. The number of anilines is 1. The molecule has 0 spiro atoms. The molecule has 0 unspecified atom stereocenters. The summed E-state index contributed by atoms with van der Waals surface area (Å²) in [6.07, 6.45) is 0. The summed E-state index contributed by atoms with van der Waals surface area (Å²) in [4.78, 5) is 13.6. The van der Waals surface area contributed by atoms with Gasteiger partial charge < -0.3 is 10.6 Å². The highest BCUT2D eigenvalue weighted by Gasteiger charge is 2.44. The zero-order chi connectivity index (χ0) is 10.3. The van der Waals surface area contributed by atoms with E-state index in [1.807, 2.05) is 31.2 Å². The minimum absolute atomic E-state index is 0.0844. The SMILES string of the molecule is CN1C(=O)[C@@](C)(CN)c2ccccc21. The van der Waals surface area contributed by atoms with Gasteiger partial charge in [-0.1, -0.05) is 18.2 Å². The van der Waals surface area contributed by atoms with Gasteiger partial charge in [0.1, 0.15) is 0 Å². The molecule has 1 aliphatic rings. The van der Waals surface area contributed by atoms with Crippen LogP contribution in [0.25, 0.3) is 0 Å². The molecule has 3 heteroatoms. The van der Waals surface area contributed by atoms with Crippen molar-refractivity contribution in [2.75, 3.05) is 18.5 Å². The first-order chi connectivity index (χ1) is 6.61. The largest absolute Gasteiger partial charge is 0.329 e. The summed E-state index contributed by atoms with van der Waals surface area (Å²) in [5, 5.41) is 0. The molecular weight excluding hydrogens is 176 g/mol. The number of likely N-dealkylation sites (N-methyl/N-ethyl adjacent to an activating group) is 1. The van der Waals surface area contributed by atoms with Crippen LogP contribution in [0.2, 0.25) is 0 Å². The fourth-order valence-electron chi connectivity index (χ4n) is 2.02. The van der Waals surface area contributed by atoms with Crippen molar-refractivity contribution in [1.29, 1.82) is 0 Å². The lowest BCUT2D eigenvalue weighted by molar-refractivity contribution is -0.122. The maximum atomic E-state index is 12.0. The van der Waals surface area contributed by atoms with Crippen LogP contribution in [0.1, 0.15) is 12.5 Å². The Kier molecular flexibility index (Phi) is 1.86. The monoisotopic (exact) mass is 190 g/mol. The molecule has 1 atom stereocenters. The van der Waals surface area contributed by atoms with Crippen molar-refractivity contribution < 1.29 is 4.79 Å². The number of fused-ring (bicyclic) bond motifs is 1. The van der Waals surface area contributed by atoms with E-state index in [2.05, 4.69) is 0 Å². The van der Waals surface area contributed by atoms with E-state index in [0.717, 1.165) is 11.3 Å². The van der Waals surface area contributed by atoms with Gasteiger partial charge in [-0.15, -0.1) is 0 Å². The molecule has 0 saturated heterocycles. The number of hydrogen-bond acceptors (Lipinski definition) is 2. The molecule has 0 bridgehead atoms. The summed E-state index contributed by atoms with van der Waals surface area (Å²) in [7, 11) is 1.79. The molecule has 2 N–H and O–H groups in total. The third-order valence-electron chi connectivity index (χ3n) is 3.04. The Hall–Kier alpha value is -1.35. The fourth-order valence-corrected chi connectivity index (χ4v) is 2.02. The van der Waals surface area contributed by atoms with E-state index in [1.165, 1.54) is 0 Å². The first-order valence-corrected chi connectivity index (χ1v) is 4.69.